The van der Waals surface area contributed by atoms with Gasteiger partial charge in [0.25, 0.3) is 0 Å². The molecule has 0 saturated heterocycles. The number of halogens is 1. The van der Waals surface area contributed by atoms with Gasteiger partial charge in [-0.2, -0.15) is 5.10 Å². The van der Waals surface area contributed by atoms with Gasteiger partial charge in [0.2, 0.25) is 0 Å². The Hall–Kier alpha value is -3.43. The van der Waals surface area contributed by atoms with Crippen LogP contribution in [-0.4, -0.2) is 9.78 Å². The van der Waals surface area contributed by atoms with E-state index in [0.717, 1.165) is 32.3 Å². The summed E-state index contributed by atoms with van der Waals surface area (Å²) < 4.78 is 3.15. The standard InChI is InChI=1S/C28H21BrN2/c29-27-18-10-11-22(19-27)23-20-30-31(21-23)28(24-12-4-1-5-13-24,25-14-6-2-7-15-25)26-16-8-3-9-17-26/h1-21H. The molecule has 0 aliphatic carbocycles. The highest BCUT2D eigenvalue weighted by Crippen LogP contribution is 2.41. The largest absolute Gasteiger partial charge is 0.252 e. The Labute approximate surface area is 190 Å². The molecule has 31 heavy (non-hydrogen) atoms. The third-order valence-corrected chi connectivity index (χ3v) is 6.15. The average molecular weight is 465 g/mol. The van der Waals surface area contributed by atoms with E-state index >= 15 is 0 Å². The lowest BCUT2D eigenvalue weighted by atomic mass is 9.77. The molecule has 1 aromatic heterocycles. The Morgan fingerprint density at radius 3 is 1.58 bits per heavy atom. The smallest absolute Gasteiger partial charge is 0.138 e. The van der Waals surface area contributed by atoms with Crippen molar-refractivity contribution in [1.82, 2.24) is 9.78 Å². The Kier molecular flexibility index (Phi) is 5.27. The number of hydrogen-bond acceptors (Lipinski definition) is 1. The van der Waals surface area contributed by atoms with Crippen molar-refractivity contribution in [2.45, 2.75) is 5.54 Å². The monoisotopic (exact) mass is 464 g/mol. The van der Waals surface area contributed by atoms with E-state index in [0.29, 0.717) is 0 Å². The van der Waals surface area contributed by atoms with Gasteiger partial charge in [0.05, 0.1) is 6.20 Å². The van der Waals surface area contributed by atoms with Crippen molar-refractivity contribution < 1.29 is 0 Å². The molecule has 0 N–H and O–H groups in total. The minimum Gasteiger partial charge on any atom is -0.252 e. The minimum atomic E-state index is -0.589. The Bertz CT molecular complexity index is 1180. The molecule has 3 heteroatoms. The second-order valence-electron chi connectivity index (χ2n) is 7.49. The van der Waals surface area contributed by atoms with Crippen molar-refractivity contribution in [3.8, 4) is 11.1 Å². The first-order chi connectivity index (χ1) is 15.3. The number of aromatic nitrogens is 2. The molecule has 0 radical (unpaired) electrons. The van der Waals surface area contributed by atoms with Gasteiger partial charge in [0, 0.05) is 16.2 Å². The zero-order valence-electron chi connectivity index (χ0n) is 16.9. The summed E-state index contributed by atoms with van der Waals surface area (Å²) in [5.74, 6) is 0. The van der Waals surface area contributed by atoms with E-state index in [9.17, 15) is 0 Å². The molecule has 0 bridgehead atoms. The predicted molar refractivity (Wildman–Crippen MR) is 130 cm³/mol. The van der Waals surface area contributed by atoms with Gasteiger partial charge in [-0.1, -0.05) is 119 Å². The maximum absolute atomic E-state index is 4.93. The SMILES string of the molecule is Brc1cccc(-c2cnn(C(c3ccccc3)(c3ccccc3)c3ccccc3)c2)c1. The van der Waals surface area contributed by atoms with Gasteiger partial charge >= 0.3 is 0 Å². The van der Waals surface area contributed by atoms with E-state index in [1.54, 1.807) is 0 Å². The van der Waals surface area contributed by atoms with Gasteiger partial charge in [-0.25, -0.2) is 0 Å². The summed E-state index contributed by atoms with van der Waals surface area (Å²) in [5, 5.41) is 4.93. The highest BCUT2D eigenvalue weighted by Gasteiger charge is 2.39. The normalized spacial score (nSPS) is 11.4. The molecule has 0 fully saturated rings. The quantitative estimate of drug-likeness (QED) is 0.252. The highest BCUT2D eigenvalue weighted by molar-refractivity contribution is 9.10. The molecule has 2 nitrogen and oxygen atoms in total. The molecular weight excluding hydrogens is 444 g/mol. The Morgan fingerprint density at radius 2 is 1.10 bits per heavy atom. The van der Waals surface area contributed by atoms with E-state index in [4.69, 9.17) is 5.10 Å². The van der Waals surface area contributed by atoms with Crippen LogP contribution in [0.4, 0.5) is 0 Å². The first-order valence-corrected chi connectivity index (χ1v) is 11.1. The van der Waals surface area contributed by atoms with E-state index in [1.807, 2.05) is 12.3 Å². The van der Waals surface area contributed by atoms with Crippen molar-refractivity contribution in [3.05, 3.63) is 149 Å². The highest BCUT2D eigenvalue weighted by atomic mass is 79.9. The van der Waals surface area contributed by atoms with E-state index in [2.05, 4.69) is 136 Å². The lowest BCUT2D eigenvalue weighted by Gasteiger charge is -2.36. The van der Waals surface area contributed by atoms with Gasteiger partial charge in [-0.05, 0) is 34.4 Å². The van der Waals surface area contributed by atoms with Crippen LogP contribution in [-0.2, 0) is 5.54 Å². The summed E-state index contributed by atoms with van der Waals surface area (Å²) in [6, 6.07) is 40.1. The number of rotatable bonds is 5. The van der Waals surface area contributed by atoms with E-state index in [-0.39, 0.29) is 0 Å². The number of hydrogen-bond donors (Lipinski definition) is 0. The molecule has 0 aliphatic rings. The molecule has 4 aromatic carbocycles. The van der Waals surface area contributed by atoms with Gasteiger partial charge in [0.1, 0.15) is 5.54 Å². The van der Waals surface area contributed by atoms with Crippen LogP contribution in [0, 0.1) is 0 Å². The fourth-order valence-corrected chi connectivity index (χ4v) is 4.66. The maximum Gasteiger partial charge on any atom is 0.138 e. The van der Waals surface area contributed by atoms with Crippen molar-refractivity contribution in [2.75, 3.05) is 0 Å². The molecule has 0 spiro atoms. The fraction of sp³-hybridized carbons (Fsp3) is 0.0357. The first kappa shape index (κ1) is 19.5. The third kappa shape index (κ3) is 3.51. The van der Waals surface area contributed by atoms with Crippen LogP contribution in [0.2, 0.25) is 0 Å². The molecular formula is C28H21BrN2. The maximum atomic E-state index is 4.93. The van der Waals surface area contributed by atoms with Gasteiger partial charge in [-0.15, -0.1) is 0 Å². The van der Waals surface area contributed by atoms with Crippen molar-refractivity contribution in [1.29, 1.82) is 0 Å². The minimum absolute atomic E-state index is 0.589. The second-order valence-corrected chi connectivity index (χ2v) is 8.41. The van der Waals surface area contributed by atoms with Gasteiger partial charge < -0.3 is 0 Å². The topological polar surface area (TPSA) is 17.8 Å². The fourth-order valence-electron chi connectivity index (χ4n) is 4.26. The van der Waals surface area contributed by atoms with E-state index < -0.39 is 5.54 Å². The summed E-state index contributed by atoms with van der Waals surface area (Å²) in [6.07, 6.45) is 4.10. The van der Waals surface area contributed by atoms with Crippen molar-refractivity contribution in [2.24, 2.45) is 0 Å². The first-order valence-electron chi connectivity index (χ1n) is 10.3. The summed E-state index contributed by atoms with van der Waals surface area (Å²) in [4.78, 5) is 0. The molecule has 5 rings (SSSR count). The lowest BCUT2D eigenvalue weighted by molar-refractivity contribution is 0.460. The molecule has 0 atom stereocenters. The van der Waals surface area contributed by atoms with Crippen LogP contribution in [0.5, 0.6) is 0 Å². The zero-order chi connectivity index (χ0) is 21.1. The van der Waals surface area contributed by atoms with Crippen LogP contribution < -0.4 is 0 Å². The van der Waals surface area contributed by atoms with Crippen LogP contribution in [0.1, 0.15) is 16.7 Å². The van der Waals surface area contributed by atoms with Crippen molar-refractivity contribution >= 4 is 15.9 Å². The average Bonchev–Trinajstić information content (AvgIpc) is 3.32. The van der Waals surface area contributed by atoms with Crippen LogP contribution in [0.25, 0.3) is 11.1 Å². The molecule has 0 aliphatic heterocycles. The van der Waals surface area contributed by atoms with Crippen molar-refractivity contribution in [3.63, 3.8) is 0 Å². The van der Waals surface area contributed by atoms with Crippen LogP contribution in [0.3, 0.4) is 0 Å². The zero-order valence-corrected chi connectivity index (χ0v) is 18.5. The summed E-state index contributed by atoms with van der Waals surface area (Å²) in [7, 11) is 0. The van der Waals surface area contributed by atoms with Gasteiger partial charge in [-0.3, -0.25) is 4.68 Å². The van der Waals surface area contributed by atoms with Gasteiger partial charge in [0.15, 0.2) is 0 Å². The predicted octanol–water partition coefficient (Wildman–Crippen LogP) is 7.15. The summed E-state index contributed by atoms with van der Waals surface area (Å²) in [5.41, 5.74) is 5.11. The summed E-state index contributed by atoms with van der Waals surface area (Å²) in [6.45, 7) is 0. The lowest BCUT2D eigenvalue weighted by Crippen LogP contribution is -2.38. The second kappa shape index (κ2) is 8.37. The molecule has 1 heterocycles. The molecule has 5 aromatic rings. The van der Waals surface area contributed by atoms with E-state index in [1.165, 1.54) is 0 Å². The van der Waals surface area contributed by atoms with Crippen LogP contribution >= 0.6 is 15.9 Å². The van der Waals surface area contributed by atoms with Crippen LogP contribution in [0.15, 0.2) is 132 Å². The third-order valence-electron chi connectivity index (χ3n) is 5.66. The molecule has 0 unspecified atom stereocenters. The molecule has 0 amide bonds. The number of nitrogens with zero attached hydrogens (tertiary/aromatic N) is 2. The summed E-state index contributed by atoms with van der Waals surface area (Å²) >= 11 is 3.59. The molecule has 0 saturated carbocycles. The number of benzene rings is 4. The Morgan fingerprint density at radius 1 is 0.581 bits per heavy atom. The Balaban J connectivity index is 1.81. The molecule has 150 valence electrons.